The van der Waals surface area contributed by atoms with Gasteiger partial charge in [0.05, 0.1) is 0 Å². The minimum atomic E-state index is -0.199. The molecule has 0 aliphatic rings. The van der Waals surface area contributed by atoms with E-state index in [-0.39, 0.29) is 22.5 Å². The first kappa shape index (κ1) is 8.30. The zero-order valence-electron chi connectivity index (χ0n) is 4.65. The van der Waals surface area contributed by atoms with Crippen molar-refractivity contribution < 1.29 is 0 Å². The third-order valence-corrected chi connectivity index (χ3v) is 0.749. The van der Waals surface area contributed by atoms with Gasteiger partial charge in [0, 0.05) is 12.3 Å². The van der Waals surface area contributed by atoms with Crippen molar-refractivity contribution in [3.63, 3.8) is 0 Å². The van der Waals surface area contributed by atoms with E-state index in [0.717, 1.165) is 0 Å². The van der Waals surface area contributed by atoms with Gasteiger partial charge in [-0.25, -0.2) is 4.98 Å². The Kier molecular flexibility index (Phi) is 3.88. The molecule has 0 saturated carbocycles. The quantitative estimate of drug-likeness (QED) is 0.608. The van der Waals surface area contributed by atoms with Crippen LogP contribution in [-0.2, 0) is 0 Å². The summed E-state index contributed by atoms with van der Waals surface area (Å²) >= 11 is 0. The fourth-order valence-electron chi connectivity index (χ4n) is 0.411. The lowest BCUT2D eigenvalue weighted by Crippen LogP contribution is -1.95. The van der Waals surface area contributed by atoms with Crippen molar-refractivity contribution in [1.29, 1.82) is 0 Å². The van der Waals surface area contributed by atoms with E-state index in [2.05, 4.69) is 4.98 Å². The van der Waals surface area contributed by atoms with E-state index >= 15 is 0 Å². The van der Waals surface area contributed by atoms with Crippen molar-refractivity contribution in [2.45, 2.75) is 0 Å². The third kappa shape index (κ3) is 2.98. The maximum absolute atomic E-state index is 10.4. The molecular formula is C6H6BrNO. The van der Waals surface area contributed by atoms with Gasteiger partial charge in [0.25, 0.3) is 5.56 Å². The predicted octanol–water partition coefficient (Wildman–Crippen LogP) is 1.02. The predicted molar refractivity (Wildman–Crippen MR) is 40.8 cm³/mol. The van der Waals surface area contributed by atoms with Gasteiger partial charge >= 0.3 is 0 Å². The average Bonchev–Trinajstić information content (AvgIpc) is 1.94. The van der Waals surface area contributed by atoms with E-state index in [1.165, 1.54) is 12.3 Å². The highest BCUT2D eigenvalue weighted by Gasteiger charge is 1.70. The van der Waals surface area contributed by atoms with Crippen LogP contribution in [0, 0.1) is 0 Å². The molecule has 0 aliphatic carbocycles. The number of aromatic nitrogens is 1. The third-order valence-electron chi connectivity index (χ3n) is 0.749. The highest BCUT2D eigenvalue weighted by Crippen LogP contribution is 1.69. The Labute approximate surface area is 63.3 Å². The molecule has 0 N–H and O–H groups in total. The van der Waals surface area contributed by atoms with E-state index in [9.17, 15) is 4.79 Å². The van der Waals surface area contributed by atoms with Gasteiger partial charge in [0.15, 0.2) is 0 Å². The lowest BCUT2D eigenvalue weighted by atomic mass is 10.5. The Hall–Kier alpha value is -0.700. The van der Waals surface area contributed by atoms with Crippen molar-refractivity contribution in [3.05, 3.63) is 40.8 Å². The van der Waals surface area contributed by atoms with E-state index in [1.54, 1.807) is 18.2 Å². The second-order valence-electron chi connectivity index (χ2n) is 1.36. The van der Waals surface area contributed by atoms with Crippen molar-refractivity contribution >= 4 is 17.0 Å². The zero-order valence-corrected chi connectivity index (χ0v) is 6.36. The molecule has 1 aromatic rings. The molecule has 0 amide bonds. The molecule has 0 fully saturated rings. The van der Waals surface area contributed by atoms with Crippen molar-refractivity contribution in [1.82, 2.24) is 4.98 Å². The van der Waals surface area contributed by atoms with E-state index in [4.69, 9.17) is 0 Å². The van der Waals surface area contributed by atoms with Gasteiger partial charge in [-0.1, -0.05) is 12.1 Å². The molecule has 9 heavy (non-hydrogen) atoms. The van der Waals surface area contributed by atoms with Gasteiger partial charge in [-0.2, -0.15) is 0 Å². The number of hydrogen-bond donors (Lipinski definition) is 0. The first-order chi connectivity index (χ1) is 3.89. The van der Waals surface area contributed by atoms with Crippen LogP contribution in [0.4, 0.5) is 0 Å². The highest BCUT2D eigenvalue weighted by atomic mass is 79.9. The molecule has 1 aromatic heterocycles. The summed E-state index contributed by atoms with van der Waals surface area (Å²) in [6, 6.07) is 6.55. The van der Waals surface area contributed by atoms with Gasteiger partial charge in [0.2, 0.25) is 0 Å². The van der Waals surface area contributed by atoms with Crippen molar-refractivity contribution in [3.8, 4) is 0 Å². The number of halogens is 1. The smallest absolute Gasteiger partial charge is 0.267 e. The SMILES string of the molecule is Br.O=c1cccccn1. The minimum Gasteiger partial charge on any atom is -0.267 e. The summed E-state index contributed by atoms with van der Waals surface area (Å²) in [7, 11) is 0. The molecule has 1 heterocycles. The van der Waals surface area contributed by atoms with Crippen LogP contribution in [0.15, 0.2) is 35.3 Å². The molecule has 0 radical (unpaired) electrons. The van der Waals surface area contributed by atoms with Crippen LogP contribution in [0.25, 0.3) is 0 Å². The van der Waals surface area contributed by atoms with Gasteiger partial charge in [-0.05, 0) is 6.07 Å². The van der Waals surface area contributed by atoms with Crippen molar-refractivity contribution in [2.24, 2.45) is 0 Å². The van der Waals surface area contributed by atoms with Crippen molar-refractivity contribution in [2.75, 3.05) is 0 Å². The second-order valence-corrected chi connectivity index (χ2v) is 1.36. The molecular weight excluding hydrogens is 182 g/mol. The topological polar surface area (TPSA) is 30.0 Å². The van der Waals surface area contributed by atoms with Gasteiger partial charge in [0.1, 0.15) is 0 Å². The maximum Gasteiger partial charge on any atom is 0.269 e. The lowest BCUT2D eigenvalue weighted by molar-refractivity contribution is 1.27. The van der Waals surface area contributed by atoms with E-state index < -0.39 is 0 Å². The summed E-state index contributed by atoms with van der Waals surface area (Å²) in [5.41, 5.74) is -0.199. The molecule has 1 rings (SSSR count). The van der Waals surface area contributed by atoms with Crippen LogP contribution in [-0.4, -0.2) is 4.98 Å². The summed E-state index contributed by atoms with van der Waals surface area (Å²) in [6.45, 7) is 0. The number of rotatable bonds is 0. The first-order valence-electron chi connectivity index (χ1n) is 2.31. The largest absolute Gasteiger partial charge is 0.269 e. The molecule has 0 unspecified atom stereocenters. The van der Waals surface area contributed by atoms with Crippen LogP contribution in [0.5, 0.6) is 0 Å². The second kappa shape index (κ2) is 4.21. The van der Waals surface area contributed by atoms with E-state index in [0.29, 0.717) is 0 Å². The Balaban J connectivity index is 0.000000640. The molecule has 3 heteroatoms. The Morgan fingerprint density at radius 3 is 2.78 bits per heavy atom. The number of nitrogens with zero attached hydrogens (tertiary/aromatic N) is 1. The van der Waals surface area contributed by atoms with Gasteiger partial charge in [-0.15, -0.1) is 17.0 Å². The van der Waals surface area contributed by atoms with Gasteiger partial charge in [-0.3, -0.25) is 4.79 Å². The molecule has 0 aliphatic heterocycles. The summed E-state index contributed by atoms with van der Waals surface area (Å²) in [5, 5.41) is 0. The molecule has 0 saturated heterocycles. The lowest BCUT2D eigenvalue weighted by Gasteiger charge is -1.57. The molecule has 48 valence electrons. The zero-order chi connectivity index (χ0) is 5.82. The molecule has 0 bridgehead atoms. The van der Waals surface area contributed by atoms with Crippen LogP contribution in [0.2, 0.25) is 0 Å². The maximum atomic E-state index is 10.4. The molecule has 0 spiro atoms. The Morgan fingerprint density at radius 2 is 2.00 bits per heavy atom. The normalized spacial score (nSPS) is 7.56. The van der Waals surface area contributed by atoms with Crippen LogP contribution >= 0.6 is 17.0 Å². The van der Waals surface area contributed by atoms with Crippen LogP contribution in [0.1, 0.15) is 0 Å². The van der Waals surface area contributed by atoms with Crippen LogP contribution in [0.3, 0.4) is 0 Å². The molecule has 0 atom stereocenters. The molecule has 0 aromatic carbocycles. The molecule has 2 nitrogen and oxygen atoms in total. The highest BCUT2D eigenvalue weighted by molar-refractivity contribution is 8.93. The summed E-state index contributed by atoms with van der Waals surface area (Å²) in [4.78, 5) is 13.8. The minimum absolute atomic E-state index is 0. The monoisotopic (exact) mass is 187 g/mol. The first-order valence-corrected chi connectivity index (χ1v) is 2.31. The standard InChI is InChI=1S/C6H5NO.BrH/c8-6-4-2-1-3-5-7-6;/h1-5H;1H. The van der Waals surface area contributed by atoms with E-state index in [1.807, 2.05) is 0 Å². The fraction of sp³-hybridized carbons (Fsp3) is 0. The van der Waals surface area contributed by atoms with Gasteiger partial charge < -0.3 is 0 Å². The summed E-state index contributed by atoms with van der Waals surface area (Å²) < 4.78 is 0. The average molecular weight is 188 g/mol. The summed E-state index contributed by atoms with van der Waals surface area (Å²) in [5.74, 6) is 0. The Morgan fingerprint density at radius 1 is 1.22 bits per heavy atom. The summed E-state index contributed by atoms with van der Waals surface area (Å²) in [6.07, 6.45) is 1.47. The fourth-order valence-corrected chi connectivity index (χ4v) is 0.411. The van der Waals surface area contributed by atoms with Crippen LogP contribution < -0.4 is 5.56 Å². The Bertz CT molecular complexity index is 204. The number of hydrogen-bond acceptors (Lipinski definition) is 2.